The van der Waals surface area contributed by atoms with Crippen LogP contribution >= 0.6 is 11.6 Å². The molecule has 158 valence electrons. The number of pyridine rings is 1. The maximum Gasteiger partial charge on any atom is 0.416 e. The first-order valence-electron chi connectivity index (χ1n) is 9.24. The molecule has 31 heavy (non-hydrogen) atoms. The van der Waals surface area contributed by atoms with Crippen LogP contribution in [0.5, 0.6) is 0 Å². The van der Waals surface area contributed by atoms with Crippen LogP contribution in [-0.4, -0.2) is 20.7 Å². The lowest BCUT2D eigenvalue weighted by Crippen LogP contribution is -2.23. The lowest BCUT2D eigenvalue weighted by molar-refractivity contribution is -0.137. The monoisotopic (exact) mass is 444 g/mol. The van der Waals surface area contributed by atoms with Crippen LogP contribution in [0.3, 0.4) is 0 Å². The van der Waals surface area contributed by atoms with Crippen LogP contribution in [0.1, 0.15) is 21.5 Å². The van der Waals surface area contributed by atoms with E-state index in [1.807, 2.05) is 19.3 Å². The third-order valence-electron chi connectivity index (χ3n) is 4.83. The first-order chi connectivity index (χ1) is 14.7. The van der Waals surface area contributed by atoms with Crippen LogP contribution in [-0.2, 0) is 19.8 Å². The highest BCUT2D eigenvalue weighted by molar-refractivity contribution is 6.31. The number of fused-ring (bicyclic) bond motifs is 1. The standard InChI is InChI=1S/C22H16ClF3N4O/c1-30-12-15(11-29-30)14-7-18-17(3-2-4-20(18)27-10-14)21(31)28-9-13-5-6-16(8-19(13)23)22(24,25)26/h2-8,10-12H,9H2,1H3,(H,28,31). The molecule has 0 atom stereocenters. The van der Waals surface area contributed by atoms with Crippen molar-refractivity contribution in [1.82, 2.24) is 20.1 Å². The van der Waals surface area contributed by atoms with Gasteiger partial charge in [0.05, 0.1) is 17.3 Å². The number of carbonyl (C=O) groups excluding carboxylic acids is 1. The van der Waals surface area contributed by atoms with E-state index in [1.165, 1.54) is 6.07 Å². The number of rotatable bonds is 4. The smallest absolute Gasteiger partial charge is 0.348 e. The molecule has 1 amide bonds. The molecule has 0 unspecified atom stereocenters. The average molecular weight is 445 g/mol. The molecule has 2 aromatic carbocycles. The van der Waals surface area contributed by atoms with E-state index in [-0.39, 0.29) is 17.5 Å². The zero-order valence-electron chi connectivity index (χ0n) is 16.2. The minimum absolute atomic E-state index is 0.0120. The van der Waals surface area contributed by atoms with E-state index in [0.717, 1.165) is 23.3 Å². The molecule has 5 nitrogen and oxygen atoms in total. The summed E-state index contributed by atoms with van der Waals surface area (Å²) in [5.74, 6) is -0.383. The van der Waals surface area contributed by atoms with Crippen LogP contribution in [0.15, 0.2) is 61.1 Å². The molecule has 0 saturated heterocycles. The Kier molecular flexibility index (Phi) is 5.41. The van der Waals surface area contributed by atoms with Gasteiger partial charge in [0.15, 0.2) is 0 Å². The van der Waals surface area contributed by atoms with Crippen LogP contribution < -0.4 is 5.32 Å². The number of carbonyl (C=O) groups is 1. The zero-order chi connectivity index (χ0) is 22.2. The molecule has 0 aliphatic heterocycles. The molecule has 9 heteroatoms. The Labute approximate surface area is 180 Å². The van der Waals surface area contributed by atoms with E-state index in [2.05, 4.69) is 15.4 Å². The van der Waals surface area contributed by atoms with Crippen molar-refractivity contribution in [2.24, 2.45) is 7.05 Å². The fourth-order valence-electron chi connectivity index (χ4n) is 3.21. The SMILES string of the molecule is Cn1cc(-c2cnc3cccc(C(=O)NCc4ccc(C(F)(F)F)cc4Cl)c3c2)cn1. The van der Waals surface area contributed by atoms with Gasteiger partial charge in [-0.3, -0.25) is 14.5 Å². The maximum atomic E-state index is 12.8. The lowest BCUT2D eigenvalue weighted by atomic mass is 10.0. The number of halogens is 4. The predicted molar refractivity (Wildman–Crippen MR) is 112 cm³/mol. The van der Waals surface area contributed by atoms with Crippen molar-refractivity contribution in [1.29, 1.82) is 0 Å². The summed E-state index contributed by atoms with van der Waals surface area (Å²) < 4.78 is 40.1. The second kappa shape index (κ2) is 8.03. The normalized spacial score (nSPS) is 11.6. The summed E-state index contributed by atoms with van der Waals surface area (Å²) in [6, 6.07) is 10.1. The second-order valence-corrected chi connectivity index (χ2v) is 7.39. The molecule has 4 rings (SSSR count). The van der Waals surface area contributed by atoms with E-state index in [1.54, 1.807) is 35.3 Å². The average Bonchev–Trinajstić information content (AvgIpc) is 3.17. The summed E-state index contributed by atoms with van der Waals surface area (Å²) in [6.07, 6.45) is 0.784. The summed E-state index contributed by atoms with van der Waals surface area (Å²) in [4.78, 5) is 17.3. The quantitative estimate of drug-likeness (QED) is 0.468. The summed E-state index contributed by atoms with van der Waals surface area (Å²) in [6.45, 7) is -0.0120. The second-order valence-electron chi connectivity index (χ2n) is 6.99. The highest BCUT2D eigenvalue weighted by Crippen LogP contribution is 2.32. The molecule has 0 fully saturated rings. The Hall–Kier alpha value is -3.39. The molecule has 0 saturated carbocycles. The van der Waals surface area contributed by atoms with Gasteiger partial charge in [-0.2, -0.15) is 18.3 Å². The Bertz CT molecular complexity index is 1280. The third kappa shape index (κ3) is 4.39. The summed E-state index contributed by atoms with van der Waals surface area (Å²) in [7, 11) is 1.81. The number of nitrogens with zero attached hydrogens (tertiary/aromatic N) is 3. The van der Waals surface area contributed by atoms with Crippen molar-refractivity contribution in [3.05, 3.63) is 82.8 Å². The first kappa shape index (κ1) is 20.9. The fraction of sp³-hybridized carbons (Fsp3) is 0.136. The van der Waals surface area contributed by atoms with Gasteiger partial charge < -0.3 is 5.32 Å². The number of hydrogen-bond acceptors (Lipinski definition) is 3. The van der Waals surface area contributed by atoms with E-state index in [4.69, 9.17) is 11.6 Å². The molecule has 2 aromatic heterocycles. The number of nitrogens with one attached hydrogen (secondary N) is 1. The molecule has 4 aromatic rings. The van der Waals surface area contributed by atoms with Gasteiger partial charge in [-0.1, -0.05) is 23.7 Å². The van der Waals surface area contributed by atoms with Crippen molar-refractivity contribution in [3.63, 3.8) is 0 Å². The Balaban J connectivity index is 1.59. The number of hydrogen-bond donors (Lipinski definition) is 1. The van der Waals surface area contributed by atoms with Crippen molar-refractivity contribution >= 4 is 28.4 Å². The van der Waals surface area contributed by atoms with Crippen molar-refractivity contribution < 1.29 is 18.0 Å². The number of amides is 1. The summed E-state index contributed by atoms with van der Waals surface area (Å²) in [5, 5.41) is 7.46. The third-order valence-corrected chi connectivity index (χ3v) is 5.18. The van der Waals surface area contributed by atoms with Gasteiger partial charge in [-0.25, -0.2) is 0 Å². The summed E-state index contributed by atoms with van der Waals surface area (Å²) >= 11 is 5.98. The van der Waals surface area contributed by atoms with Crippen molar-refractivity contribution in [2.45, 2.75) is 12.7 Å². The largest absolute Gasteiger partial charge is 0.416 e. The minimum Gasteiger partial charge on any atom is -0.348 e. The first-order valence-corrected chi connectivity index (χ1v) is 9.62. The molecular formula is C22H16ClF3N4O. The Morgan fingerprint density at radius 1 is 1.13 bits per heavy atom. The van der Waals surface area contributed by atoms with Gasteiger partial charge in [0, 0.05) is 53.1 Å². The number of aromatic nitrogens is 3. The van der Waals surface area contributed by atoms with Crippen LogP contribution in [0.4, 0.5) is 13.2 Å². The van der Waals surface area contributed by atoms with Crippen LogP contribution in [0, 0.1) is 0 Å². The van der Waals surface area contributed by atoms with E-state index >= 15 is 0 Å². The topological polar surface area (TPSA) is 59.8 Å². The predicted octanol–water partition coefficient (Wildman–Crippen LogP) is 5.24. The molecular weight excluding hydrogens is 429 g/mol. The Morgan fingerprint density at radius 2 is 1.94 bits per heavy atom. The molecule has 0 spiro atoms. The van der Waals surface area contributed by atoms with E-state index in [9.17, 15) is 18.0 Å². The highest BCUT2D eigenvalue weighted by Gasteiger charge is 2.30. The Morgan fingerprint density at radius 3 is 2.61 bits per heavy atom. The molecule has 2 heterocycles. The number of aryl methyl sites for hydroxylation is 1. The molecule has 0 radical (unpaired) electrons. The zero-order valence-corrected chi connectivity index (χ0v) is 17.0. The summed E-state index contributed by atoms with van der Waals surface area (Å²) in [5.41, 5.74) is 2.27. The maximum absolute atomic E-state index is 12.8. The molecule has 0 bridgehead atoms. The van der Waals surface area contributed by atoms with Crippen LogP contribution in [0.25, 0.3) is 22.0 Å². The number of benzene rings is 2. The lowest BCUT2D eigenvalue weighted by Gasteiger charge is -2.12. The molecule has 0 aliphatic rings. The van der Waals surface area contributed by atoms with Gasteiger partial charge in [-0.15, -0.1) is 0 Å². The molecule has 1 N–H and O–H groups in total. The van der Waals surface area contributed by atoms with Crippen molar-refractivity contribution in [2.75, 3.05) is 0 Å². The van der Waals surface area contributed by atoms with E-state index < -0.39 is 11.7 Å². The van der Waals surface area contributed by atoms with Crippen molar-refractivity contribution in [3.8, 4) is 11.1 Å². The van der Waals surface area contributed by atoms with Gasteiger partial charge in [0.2, 0.25) is 0 Å². The van der Waals surface area contributed by atoms with Gasteiger partial charge in [0.1, 0.15) is 0 Å². The molecule has 0 aliphatic carbocycles. The highest BCUT2D eigenvalue weighted by atomic mass is 35.5. The fourth-order valence-corrected chi connectivity index (χ4v) is 3.46. The van der Waals surface area contributed by atoms with Crippen LogP contribution in [0.2, 0.25) is 5.02 Å². The van der Waals surface area contributed by atoms with E-state index in [0.29, 0.717) is 22.0 Å². The van der Waals surface area contributed by atoms with Gasteiger partial charge >= 0.3 is 6.18 Å². The van der Waals surface area contributed by atoms with Gasteiger partial charge in [0.25, 0.3) is 5.91 Å². The minimum atomic E-state index is -4.48. The number of alkyl halides is 3. The van der Waals surface area contributed by atoms with Gasteiger partial charge in [-0.05, 0) is 35.9 Å².